The molecular formula is C22H20FN3O2. The summed E-state index contributed by atoms with van der Waals surface area (Å²) in [6.45, 7) is 7.83. The van der Waals surface area contributed by atoms with Crippen LogP contribution in [-0.2, 0) is 0 Å². The van der Waals surface area contributed by atoms with E-state index in [1.807, 2.05) is 19.9 Å². The number of phenols is 1. The largest absolute Gasteiger partial charge is 0.507 e. The van der Waals surface area contributed by atoms with Crippen molar-refractivity contribution in [3.05, 3.63) is 82.8 Å². The van der Waals surface area contributed by atoms with E-state index in [0.29, 0.717) is 28.1 Å². The van der Waals surface area contributed by atoms with Crippen LogP contribution in [0.15, 0.2) is 49.1 Å². The summed E-state index contributed by atoms with van der Waals surface area (Å²) in [4.78, 5) is 14.5. The van der Waals surface area contributed by atoms with Gasteiger partial charge in [0.15, 0.2) is 0 Å². The molecule has 0 unspecified atom stereocenters. The molecule has 0 spiro atoms. The molecule has 3 aromatic rings. The zero-order valence-electron chi connectivity index (χ0n) is 15.7. The number of carbonyl (C=O) groups excluding carboxylic acids is 1. The van der Waals surface area contributed by atoms with Gasteiger partial charge in [-0.2, -0.15) is 5.10 Å². The molecule has 28 heavy (non-hydrogen) atoms. The molecule has 1 atom stereocenters. The maximum absolute atomic E-state index is 14.7. The molecule has 0 radical (unpaired) electrons. The number of aromatic nitrogens is 2. The van der Waals surface area contributed by atoms with Crippen LogP contribution < -0.4 is 0 Å². The molecule has 1 aromatic heterocycles. The number of nitrogens with zero attached hydrogens (tertiary/aromatic N) is 2. The van der Waals surface area contributed by atoms with E-state index in [9.17, 15) is 14.3 Å². The number of fused-ring (bicyclic) bond motifs is 1. The molecular weight excluding hydrogens is 357 g/mol. The standard InChI is InChI=1S/C22H20FN3O2/c1-4-9-26-21(14-7-5-6-8-16(14)23)18-19(24-25-20(18)22(26)28)15-10-12(2)13(3)11-17(15)27/h4-8,10-11,21,27H,1,9H2,2-3H3,(H,24,25)/t21-/m0/s1. The van der Waals surface area contributed by atoms with E-state index in [4.69, 9.17) is 0 Å². The van der Waals surface area contributed by atoms with Gasteiger partial charge in [-0.15, -0.1) is 6.58 Å². The van der Waals surface area contributed by atoms with Crippen molar-refractivity contribution in [3.63, 3.8) is 0 Å². The van der Waals surface area contributed by atoms with Crippen LogP contribution in [0, 0.1) is 19.7 Å². The number of halogens is 1. The third kappa shape index (κ3) is 2.60. The molecule has 6 heteroatoms. The van der Waals surface area contributed by atoms with Gasteiger partial charge >= 0.3 is 0 Å². The number of H-pyrrole nitrogens is 1. The second-order valence-electron chi connectivity index (χ2n) is 6.98. The quantitative estimate of drug-likeness (QED) is 0.667. The minimum Gasteiger partial charge on any atom is -0.507 e. The van der Waals surface area contributed by atoms with Gasteiger partial charge < -0.3 is 10.0 Å². The first-order chi connectivity index (χ1) is 13.4. The molecule has 1 aliphatic rings. The van der Waals surface area contributed by atoms with Crippen LogP contribution >= 0.6 is 0 Å². The summed E-state index contributed by atoms with van der Waals surface area (Å²) in [5.41, 5.74) is 4.14. The first kappa shape index (κ1) is 18.0. The Morgan fingerprint density at radius 2 is 2.00 bits per heavy atom. The van der Waals surface area contributed by atoms with E-state index in [-0.39, 0.29) is 18.2 Å². The van der Waals surface area contributed by atoms with Gasteiger partial charge in [-0.3, -0.25) is 9.89 Å². The summed E-state index contributed by atoms with van der Waals surface area (Å²) in [6.07, 6.45) is 1.61. The third-order valence-electron chi connectivity index (χ3n) is 5.26. The van der Waals surface area contributed by atoms with Gasteiger partial charge in [0, 0.05) is 23.2 Å². The van der Waals surface area contributed by atoms with Gasteiger partial charge in [-0.1, -0.05) is 24.3 Å². The van der Waals surface area contributed by atoms with Crippen molar-refractivity contribution in [2.24, 2.45) is 0 Å². The highest BCUT2D eigenvalue weighted by Gasteiger charge is 2.42. The van der Waals surface area contributed by atoms with E-state index in [1.165, 1.54) is 6.07 Å². The smallest absolute Gasteiger partial charge is 0.273 e. The first-order valence-corrected chi connectivity index (χ1v) is 8.99. The lowest BCUT2D eigenvalue weighted by Gasteiger charge is -2.25. The molecule has 2 heterocycles. The summed E-state index contributed by atoms with van der Waals surface area (Å²) < 4.78 is 14.7. The Bertz CT molecular complexity index is 1100. The normalized spacial score (nSPS) is 15.8. The van der Waals surface area contributed by atoms with Gasteiger partial charge in [-0.05, 0) is 43.2 Å². The monoisotopic (exact) mass is 377 g/mol. The summed E-state index contributed by atoms with van der Waals surface area (Å²) in [7, 11) is 0. The Morgan fingerprint density at radius 1 is 1.29 bits per heavy atom. The van der Waals surface area contributed by atoms with Crippen LogP contribution in [0.3, 0.4) is 0 Å². The van der Waals surface area contributed by atoms with Crippen molar-refractivity contribution >= 4 is 5.91 Å². The molecule has 2 N–H and O–H groups in total. The van der Waals surface area contributed by atoms with E-state index in [1.54, 1.807) is 35.2 Å². The molecule has 5 nitrogen and oxygen atoms in total. The van der Waals surface area contributed by atoms with E-state index < -0.39 is 11.9 Å². The van der Waals surface area contributed by atoms with Crippen molar-refractivity contribution in [3.8, 4) is 17.0 Å². The van der Waals surface area contributed by atoms with Crippen LogP contribution in [0.1, 0.15) is 38.8 Å². The van der Waals surface area contributed by atoms with Gasteiger partial charge in [0.05, 0.1) is 6.04 Å². The Hall–Kier alpha value is -3.41. The molecule has 0 saturated heterocycles. The summed E-state index contributed by atoms with van der Waals surface area (Å²) in [6, 6.07) is 9.23. The molecule has 0 aliphatic carbocycles. The fourth-order valence-corrected chi connectivity index (χ4v) is 3.74. The van der Waals surface area contributed by atoms with Crippen LogP contribution in [0.2, 0.25) is 0 Å². The van der Waals surface area contributed by atoms with Crippen molar-refractivity contribution < 1.29 is 14.3 Å². The number of hydrogen-bond acceptors (Lipinski definition) is 3. The van der Waals surface area contributed by atoms with E-state index in [2.05, 4.69) is 16.8 Å². The number of aromatic hydroxyl groups is 1. The third-order valence-corrected chi connectivity index (χ3v) is 5.26. The summed E-state index contributed by atoms with van der Waals surface area (Å²) >= 11 is 0. The number of hydrogen-bond donors (Lipinski definition) is 2. The predicted molar refractivity (Wildman–Crippen MR) is 105 cm³/mol. The van der Waals surface area contributed by atoms with Crippen molar-refractivity contribution in [1.82, 2.24) is 15.1 Å². The van der Waals surface area contributed by atoms with Crippen LogP contribution in [0.5, 0.6) is 5.75 Å². The van der Waals surface area contributed by atoms with Crippen molar-refractivity contribution in [1.29, 1.82) is 0 Å². The zero-order valence-corrected chi connectivity index (χ0v) is 15.7. The second kappa shape index (κ2) is 6.64. The van der Waals surface area contributed by atoms with Gasteiger partial charge in [0.2, 0.25) is 0 Å². The lowest BCUT2D eigenvalue weighted by atomic mass is 9.94. The maximum atomic E-state index is 14.7. The molecule has 0 bridgehead atoms. The summed E-state index contributed by atoms with van der Waals surface area (Å²) in [5, 5.41) is 17.6. The molecule has 2 aromatic carbocycles. The Morgan fingerprint density at radius 3 is 2.71 bits per heavy atom. The van der Waals surface area contributed by atoms with E-state index >= 15 is 0 Å². The molecule has 142 valence electrons. The summed E-state index contributed by atoms with van der Waals surface area (Å²) in [5.74, 6) is -0.608. The number of aromatic amines is 1. The molecule has 0 saturated carbocycles. The highest BCUT2D eigenvalue weighted by Crippen LogP contribution is 2.45. The lowest BCUT2D eigenvalue weighted by molar-refractivity contribution is 0.0763. The first-order valence-electron chi connectivity index (χ1n) is 8.99. The van der Waals surface area contributed by atoms with Gasteiger partial charge in [0.25, 0.3) is 5.91 Å². The SMILES string of the molecule is C=CCN1C(=O)c2[nH]nc(-c3cc(C)c(C)cc3O)c2[C@@H]1c1ccccc1F. The number of carbonyl (C=O) groups is 1. The average molecular weight is 377 g/mol. The number of benzene rings is 2. The second-order valence-corrected chi connectivity index (χ2v) is 6.98. The van der Waals surface area contributed by atoms with Crippen LogP contribution in [0.4, 0.5) is 4.39 Å². The zero-order chi connectivity index (χ0) is 20.0. The predicted octanol–water partition coefficient (Wildman–Crippen LogP) is 4.27. The fraction of sp³-hybridized carbons (Fsp3) is 0.182. The Balaban J connectivity index is 1.97. The minimum atomic E-state index is -0.656. The maximum Gasteiger partial charge on any atom is 0.273 e. The highest BCUT2D eigenvalue weighted by molar-refractivity contribution is 6.00. The number of aryl methyl sites for hydroxylation is 2. The van der Waals surface area contributed by atoms with Crippen molar-refractivity contribution in [2.75, 3.05) is 6.54 Å². The fourth-order valence-electron chi connectivity index (χ4n) is 3.74. The molecule has 1 aliphatic heterocycles. The molecule has 4 rings (SSSR count). The number of phenolic OH excluding ortho intramolecular Hbond substituents is 1. The molecule has 0 fully saturated rings. The van der Waals surface area contributed by atoms with Crippen molar-refractivity contribution in [2.45, 2.75) is 19.9 Å². The highest BCUT2D eigenvalue weighted by atomic mass is 19.1. The Kier molecular flexibility index (Phi) is 4.26. The van der Waals surface area contributed by atoms with Crippen LogP contribution in [-0.4, -0.2) is 32.7 Å². The minimum absolute atomic E-state index is 0.0688. The number of amides is 1. The lowest BCUT2D eigenvalue weighted by Crippen LogP contribution is -2.30. The number of rotatable bonds is 4. The molecule has 1 amide bonds. The number of nitrogens with one attached hydrogen (secondary N) is 1. The Labute approximate surface area is 162 Å². The topological polar surface area (TPSA) is 69.2 Å². The van der Waals surface area contributed by atoms with Gasteiger partial charge in [0.1, 0.15) is 23.0 Å². The average Bonchev–Trinajstić information content (AvgIpc) is 3.19. The van der Waals surface area contributed by atoms with Gasteiger partial charge in [-0.25, -0.2) is 4.39 Å². The van der Waals surface area contributed by atoms with E-state index in [0.717, 1.165) is 11.1 Å². The van der Waals surface area contributed by atoms with Crippen LogP contribution in [0.25, 0.3) is 11.3 Å².